The highest BCUT2D eigenvalue weighted by molar-refractivity contribution is 5.93. The maximum absolute atomic E-state index is 12.4. The number of nitrogens with one attached hydrogen (secondary N) is 1. The zero-order valence-corrected chi connectivity index (χ0v) is 13.5. The summed E-state index contributed by atoms with van der Waals surface area (Å²) >= 11 is 0. The normalized spacial score (nSPS) is 10.8. The maximum atomic E-state index is 12.4. The molecule has 0 aliphatic heterocycles. The summed E-state index contributed by atoms with van der Waals surface area (Å²) in [6, 6.07) is 17.3. The summed E-state index contributed by atoms with van der Waals surface area (Å²) < 4.78 is 7.04. The molecular weight excluding hydrogens is 334 g/mol. The molecule has 0 atom stereocenters. The predicted molar refractivity (Wildman–Crippen MR) is 92.8 cm³/mol. The van der Waals surface area contributed by atoms with Crippen LogP contribution in [-0.4, -0.2) is 26.1 Å². The number of hydrogen-bond donors (Lipinski definition) is 1. The van der Waals surface area contributed by atoms with Gasteiger partial charge in [0.15, 0.2) is 17.0 Å². The summed E-state index contributed by atoms with van der Waals surface area (Å²) in [4.78, 5) is 24.5. The Balaban J connectivity index is 1.55. The van der Waals surface area contributed by atoms with E-state index in [0.717, 1.165) is 5.69 Å². The molecule has 4 aromatic rings. The molecule has 2 heterocycles. The summed E-state index contributed by atoms with van der Waals surface area (Å²) in [5.74, 6) is -0.129. The number of amides is 1. The van der Waals surface area contributed by atoms with Crippen molar-refractivity contribution in [3.8, 4) is 5.69 Å². The van der Waals surface area contributed by atoms with Crippen molar-refractivity contribution in [3.05, 3.63) is 82.5 Å². The summed E-state index contributed by atoms with van der Waals surface area (Å²) in [6.07, 6.45) is 0. The molecule has 0 spiro atoms. The van der Waals surface area contributed by atoms with E-state index in [9.17, 15) is 9.59 Å². The van der Waals surface area contributed by atoms with E-state index < -0.39 is 5.91 Å². The lowest BCUT2D eigenvalue weighted by Crippen LogP contribution is -2.25. The van der Waals surface area contributed by atoms with E-state index in [1.807, 2.05) is 30.3 Å². The summed E-state index contributed by atoms with van der Waals surface area (Å²) in [5.41, 5.74) is 0.865. The molecule has 0 radical (unpaired) electrons. The van der Waals surface area contributed by atoms with E-state index in [1.165, 1.54) is 10.7 Å². The molecule has 8 nitrogen and oxygen atoms in total. The third-order valence-electron chi connectivity index (χ3n) is 3.80. The average Bonchev–Trinajstić information content (AvgIpc) is 3.15. The van der Waals surface area contributed by atoms with Gasteiger partial charge in [-0.2, -0.15) is 4.68 Å². The van der Waals surface area contributed by atoms with E-state index in [1.54, 1.807) is 24.3 Å². The first-order valence-corrected chi connectivity index (χ1v) is 7.86. The van der Waals surface area contributed by atoms with Gasteiger partial charge in [0.1, 0.15) is 5.58 Å². The van der Waals surface area contributed by atoms with Crippen molar-refractivity contribution in [2.24, 2.45) is 0 Å². The van der Waals surface area contributed by atoms with E-state index in [4.69, 9.17) is 4.42 Å². The number of rotatable bonds is 4. The molecule has 128 valence electrons. The Hall–Kier alpha value is -3.81. The Kier molecular flexibility index (Phi) is 3.98. The minimum Gasteiger partial charge on any atom is -0.451 e. The van der Waals surface area contributed by atoms with Crippen molar-refractivity contribution in [1.29, 1.82) is 0 Å². The van der Waals surface area contributed by atoms with E-state index >= 15 is 0 Å². The smallest absolute Gasteiger partial charge is 0.287 e. The Morgan fingerprint density at radius 1 is 1.08 bits per heavy atom. The van der Waals surface area contributed by atoms with Gasteiger partial charge in [0.05, 0.1) is 17.6 Å². The zero-order valence-electron chi connectivity index (χ0n) is 13.5. The van der Waals surface area contributed by atoms with Gasteiger partial charge in [-0.1, -0.05) is 30.3 Å². The molecule has 1 amide bonds. The summed E-state index contributed by atoms with van der Waals surface area (Å²) in [6.45, 7) is 0.0806. The van der Waals surface area contributed by atoms with Crippen molar-refractivity contribution in [3.63, 3.8) is 0 Å². The third-order valence-corrected chi connectivity index (χ3v) is 3.80. The van der Waals surface area contributed by atoms with Crippen molar-refractivity contribution >= 4 is 16.9 Å². The second-order valence-electron chi connectivity index (χ2n) is 5.50. The van der Waals surface area contributed by atoms with Crippen LogP contribution in [-0.2, 0) is 6.54 Å². The minimum atomic E-state index is -0.518. The Morgan fingerprint density at radius 2 is 1.85 bits per heavy atom. The van der Waals surface area contributed by atoms with Crippen LogP contribution in [0.15, 0.2) is 69.9 Å². The van der Waals surface area contributed by atoms with Crippen LogP contribution >= 0.6 is 0 Å². The first-order valence-electron chi connectivity index (χ1n) is 7.86. The van der Waals surface area contributed by atoms with Gasteiger partial charge < -0.3 is 9.73 Å². The molecule has 2 aromatic heterocycles. The zero-order chi connectivity index (χ0) is 17.9. The van der Waals surface area contributed by atoms with Crippen LogP contribution in [0.5, 0.6) is 0 Å². The van der Waals surface area contributed by atoms with Crippen LogP contribution in [0.4, 0.5) is 0 Å². The number of aromatic nitrogens is 4. The van der Waals surface area contributed by atoms with E-state index in [0.29, 0.717) is 16.8 Å². The molecule has 0 fully saturated rings. The molecule has 0 aliphatic carbocycles. The maximum Gasteiger partial charge on any atom is 0.287 e. The second-order valence-corrected chi connectivity index (χ2v) is 5.50. The summed E-state index contributed by atoms with van der Waals surface area (Å²) in [7, 11) is 0. The lowest BCUT2D eigenvalue weighted by molar-refractivity contribution is 0.0922. The number of para-hydroxylation sites is 2. The summed E-state index contributed by atoms with van der Waals surface area (Å²) in [5, 5.41) is 14.6. The van der Waals surface area contributed by atoms with Gasteiger partial charge in [-0.15, -0.1) is 5.10 Å². The molecule has 4 rings (SSSR count). The van der Waals surface area contributed by atoms with E-state index in [-0.39, 0.29) is 17.7 Å². The quantitative estimate of drug-likeness (QED) is 0.603. The largest absolute Gasteiger partial charge is 0.451 e. The topological polar surface area (TPSA) is 103 Å². The average molecular weight is 347 g/mol. The van der Waals surface area contributed by atoms with Gasteiger partial charge in [0.25, 0.3) is 5.91 Å². The third kappa shape index (κ3) is 2.95. The lowest BCUT2D eigenvalue weighted by atomic mass is 10.2. The van der Waals surface area contributed by atoms with Gasteiger partial charge in [-0.05, 0) is 34.7 Å². The van der Waals surface area contributed by atoms with Crippen molar-refractivity contribution in [2.45, 2.75) is 6.54 Å². The van der Waals surface area contributed by atoms with Crippen molar-refractivity contribution in [1.82, 2.24) is 25.5 Å². The lowest BCUT2D eigenvalue weighted by Gasteiger charge is -2.06. The first kappa shape index (κ1) is 15.7. The molecule has 0 aliphatic rings. The van der Waals surface area contributed by atoms with Gasteiger partial charge in [0, 0.05) is 6.07 Å². The first-order chi connectivity index (χ1) is 12.7. The van der Waals surface area contributed by atoms with Crippen molar-refractivity contribution in [2.75, 3.05) is 0 Å². The number of fused-ring (bicyclic) bond motifs is 1. The molecular formula is C18H13N5O3. The molecule has 0 bridgehead atoms. The van der Waals surface area contributed by atoms with Crippen LogP contribution in [0.25, 0.3) is 16.7 Å². The monoisotopic (exact) mass is 347 g/mol. The molecule has 2 aromatic carbocycles. The van der Waals surface area contributed by atoms with E-state index in [2.05, 4.69) is 20.8 Å². The second kappa shape index (κ2) is 6.60. The number of hydrogen-bond acceptors (Lipinski definition) is 6. The Bertz CT molecular complexity index is 1130. The predicted octanol–water partition coefficient (Wildman–Crippen LogP) is 1.70. The van der Waals surface area contributed by atoms with Gasteiger partial charge in [0.2, 0.25) is 0 Å². The minimum absolute atomic E-state index is 0.0626. The van der Waals surface area contributed by atoms with Crippen LogP contribution in [0, 0.1) is 0 Å². The van der Waals surface area contributed by atoms with Crippen LogP contribution in [0.2, 0.25) is 0 Å². The number of tetrazole rings is 1. The standard InChI is InChI=1S/C18H13N5O3/c24-14-10-16(26-15-9-5-4-8-13(14)15)18(25)19-11-17-20-21-22-23(17)12-6-2-1-3-7-12/h1-10H,11H2,(H,19,25). The van der Waals surface area contributed by atoms with Gasteiger partial charge >= 0.3 is 0 Å². The van der Waals surface area contributed by atoms with Crippen LogP contribution < -0.4 is 10.7 Å². The van der Waals surface area contributed by atoms with Crippen molar-refractivity contribution < 1.29 is 9.21 Å². The molecule has 8 heteroatoms. The highest BCUT2D eigenvalue weighted by atomic mass is 16.3. The molecule has 26 heavy (non-hydrogen) atoms. The molecule has 0 saturated carbocycles. The Morgan fingerprint density at radius 3 is 2.69 bits per heavy atom. The SMILES string of the molecule is O=C(NCc1nnnn1-c1ccccc1)c1cc(=O)c2ccccc2o1. The highest BCUT2D eigenvalue weighted by Gasteiger charge is 2.14. The van der Waals surface area contributed by atoms with Gasteiger partial charge in [-0.25, -0.2) is 0 Å². The molecule has 1 N–H and O–H groups in total. The fourth-order valence-electron chi connectivity index (χ4n) is 2.55. The van der Waals surface area contributed by atoms with Crippen LogP contribution in [0.1, 0.15) is 16.4 Å². The fraction of sp³-hybridized carbons (Fsp3) is 0.0556. The number of nitrogens with zero attached hydrogens (tertiary/aromatic N) is 4. The highest BCUT2D eigenvalue weighted by Crippen LogP contribution is 2.12. The van der Waals surface area contributed by atoms with Gasteiger partial charge in [-0.3, -0.25) is 9.59 Å². The number of carbonyl (C=O) groups is 1. The van der Waals surface area contributed by atoms with Crippen LogP contribution in [0.3, 0.4) is 0 Å². The molecule has 0 unspecified atom stereocenters. The number of benzene rings is 2. The number of carbonyl (C=O) groups excluding carboxylic acids is 1. The fourth-order valence-corrected chi connectivity index (χ4v) is 2.55. The Labute approximate surface area is 147 Å². The molecule has 0 saturated heterocycles.